The van der Waals surface area contributed by atoms with Gasteiger partial charge in [0.25, 0.3) is 0 Å². The molecule has 518 valence electrons. The van der Waals surface area contributed by atoms with Gasteiger partial charge in [-0.05, 0) is 51.4 Å². The van der Waals surface area contributed by atoms with E-state index < -0.39 is 12.1 Å². The summed E-state index contributed by atoms with van der Waals surface area (Å²) in [5.74, 6) is -0.00361. The zero-order valence-corrected chi connectivity index (χ0v) is 59.5. The first-order chi connectivity index (χ1) is 43.0. The van der Waals surface area contributed by atoms with Gasteiger partial charge < -0.3 is 20.3 Å². The molecule has 6 nitrogen and oxygen atoms in total. The minimum atomic E-state index is -0.660. The van der Waals surface area contributed by atoms with E-state index in [1.165, 1.54) is 398 Å². The van der Waals surface area contributed by atoms with Crippen molar-refractivity contribution in [3.8, 4) is 0 Å². The van der Waals surface area contributed by atoms with Crippen molar-refractivity contribution in [1.29, 1.82) is 0 Å². The maximum atomic E-state index is 12.5. The number of unbranched alkanes of at least 4 members (excludes halogenated alkanes) is 64. The zero-order chi connectivity index (χ0) is 62.8. The average Bonchev–Trinajstić information content (AvgIpc) is 3.52. The maximum absolute atomic E-state index is 12.5. The fourth-order valence-electron chi connectivity index (χ4n) is 13.2. The van der Waals surface area contributed by atoms with E-state index in [-0.39, 0.29) is 18.5 Å². The number of rotatable bonds is 77. The second kappa shape index (κ2) is 77.1. The lowest BCUT2D eigenvalue weighted by molar-refractivity contribution is -0.143. The molecule has 0 fully saturated rings. The number of nitrogens with one attached hydrogen (secondary N) is 1. The monoisotopic (exact) mass is 1230 g/mol. The highest BCUT2D eigenvalue weighted by atomic mass is 16.5. The number of hydrogen-bond donors (Lipinski definition) is 3. The first-order valence-electron chi connectivity index (χ1n) is 40.4. The van der Waals surface area contributed by atoms with E-state index in [1.54, 1.807) is 0 Å². The van der Waals surface area contributed by atoms with Crippen molar-refractivity contribution in [1.82, 2.24) is 5.32 Å². The van der Waals surface area contributed by atoms with Gasteiger partial charge in [0.1, 0.15) is 0 Å². The molecular weight excluding hydrogens is 1070 g/mol. The smallest absolute Gasteiger partial charge is 0.305 e. The lowest BCUT2D eigenvalue weighted by Gasteiger charge is -2.22. The van der Waals surface area contributed by atoms with Gasteiger partial charge in [-0.3, -0.25) is 9.59 Å². The fourth-order valence-corrected chi connectivity index (χ4v) is 13.2. The quantitative estimate of drug-likeness (QED) is 0.0320. The number of esters is 1. The lowest BCUT2D eigenvalue weighted by atomic mass is 10.0. The van der Waals surface area contributed by atoms with Crippen LogP contribution in [0.2, 0.25) is 0 Å². The molecule has 0 heterocycles. The molecule has 0 aliphatic heterocycles. The molecule has 0 bridgehead atoms. The van der Waals surface area contributed by atoms with E-state index in [2.05, 4.69) is 31.3 Å². The van der Waals surface area contributed by atoms with Crippen molar-refractivity contribution in [2.24, 2.45) is 0 Å². The van der Waals surface area contributed by atoms with Crippen LogP contribution < -0.4 is 5.32 Å². The molecule has 0 aromatic heterocycles. The van der Waals surface area contributed by atoms with Crippen LogP contribution in [0.3, 0.4) is 0 Å². The predicted octanol–water partition coefficient (Wildman–Crippen LogP) is 26.7. The molecule has 0 radical (unpaired) electrons. The minimum Gasteiger partial charge on any atom is -0.466 e. The molecule has 0 aromatic carbocycles. The number of carbonyl (C=O) groups excluding carboxylic acids is 2. The van der Waals surface area contributed by atoms with Crippen LogP contribution in [0, 0.1) is 0 Å². The highest BCUT2D eigenvalue weighted by Gasteiger charge is 2.20. The molecule has 3 N–H and O–H groups in total. The first kappa shape index (κ1) is 85.6. The molecule has 1 amide bonds. The first-order valence-corrected chi connectivity index (χ1v) is 40.4. The van der Waals surface area contributed by atoms with Gasteiger partial charge in [0.15, 0.2) is 0 Å². The molecule has 0 aliphatic rings. The molecular formula is C81H159NO5. The Balaban J connectivity index is 3.28. The van der Waals surface area contributed by atoms with Crippen molar-refractivity contribution >= 4 is 11.9 Å². The van der Waals surface area contributed by atoms with Crippen LogP contribution in [0.15, 0.2) is 12.2 Å². The van der Waals surface area contributed by atoms with Gasteiger partial charge in [0.2, 0.25) is 5.91 Å². The molecule has 87 heavy (non-hydrogen) atoms. The van der Waals surface area contributed by atoms with Crippen molar-refractivity contribution in [3.63, 3.8) is 0 Å². The number of ether oxygens (including phenoxy) is 1. The molecule has 0 aromatic rings. The van der Waals surface area contributed by atoms with Crippen molar-refractivity contribution in [2.75, 3.05) is 13.2 Å². The number of aliphatic hydroxyl groups is 2. The summed E-state index contributed by atoms with van der Waals surface area (Å²) in [5.41, 5.74) is 0. The van der Waals surface area contributed by atoms with Crippen LogP contribution in [-0.4, -0.2) is 47.4 Å². The summed E-state index contributed by atoms with van der Waals surface area (Å²) in [7, 11) is 0. The van der Waals surface area contributed by atoms with Gasteiger partial charge >= 0.3 is 5.97 Å². The van der Waals surface area contributed by atoms with Gasteiger partial charge in [-0.15, -0.1) is 0 Å². The number of carbonyl (C=O) groups is 2. The Hall–Kier alpha value is -1.40. The Bertz CT molecular complexity index is 1320. The Morgan fingerprint density at radius 2 is 0.540 bits per heavy atom. The van der Waals surface area contributed by atoms with Gasteiger partial charge in [-0.1, -0.05) is 418 Å². The summed E-state index contributed by atoms with van der Waals surface area (Å²) in [6, 6.07) is -0.536. The minimum absolute atomic E-state index is 0.0212. The van der Waals surface area contributed by atoms with Gasteiger partial charge in [0, 0.05) is 12.8 Å². The molecule has 0 saturated carbocycles. The Morgan fingerprint density at radius 3 is 0.816 bits per heavy atom. The summed E-state index contributed by atoms with van der Waals surface area (Å²) < 4.78 is 5.51. The second-order valence-electron chi connectivity index (χ2n) is 28.1. The van der Waals surface area contributed by atoms with Crippen molar-refractivity contribution < 1.29 is 24.5 Å². The molecule has 6 heteroatoms. The zero-order valence-electron chi connectivity index (χ0n) is 59.5. The Labute approximate surface area is 546 Å². The molecule has 2 atom stereocenters. The third kappa shape index (κ3) is 73.5. The number of hydrogen-bond acceptors (Lipinski definition) is 5. The van der Waals surface area contributed by atoms with Crippen LogP contribution in [0.25, 0.3) is 0 Å². The standard InChI is InChI=1S/C81H159NO5/c1-3-5-7-9-11-13-15-17-19-42-47-51-55-59-63-67-71-75-81(86)87-76-72-68-64-60-56-52-48-44-41-39-37-35-33-31-29-27-25-23-21-22-24-26-28-30-32-34-36-38-40-43-46-50-54-58-62-66-70-74-80(85)82-78(77-83)79(84)73-69-65-61-57-53-49-45-20-18-16-14-12-10-8-6-4-2/h17,19,78-79,83-84H,3-16,18,20-77H2,1-2H3,(H,82,85)/b19-17-. The summed E-state index contributed by atoms with van der Waals surface area (Å²) in [6.07, 6.45) is 97.5. The van der Waals surface area contributed by atoms with Crippen LogP contribution in [0.1, 0.15) is 470 Å². The highest BCUT2D eigenvalue weighted by molar-refractivity contribution is 5.76. The van der Waals surface area contributed by atoms with Crippen LogP contribution in [0.4, 0.5) is 0 Å². The third-order valence-electron chi connectivity index (χ3n) is 19.3. The second-order valence-corrected chi connectivity index (χ2v) is 28.1. The predicted molar refractivity (Wildman–Crippen MR) is 384 cm³/mol. The number of allylic oxidation sites excluding steroid dienone is 2. The van der Waals surface area contributed by atoms with Gasteiger partial charge in [-0.25, -0.2) is 0 Å². The summed E-state index contributed by atoms with van der Waals surface area (Å²) >= 11 is 0. The van der Waals surface area contributed by atoms with E-state index in [1.807, 2.05) is 0 Å². The maximum Gasteiger partial charge on any atom is 0.305 e. The molecule has 2 unspecified atom stereocenters. The summed E-state index contributed by atoms with van der Waals surface area (Å²) in [5, 5.41) is 23.4. The SMILES string of the molecule is CCCCCCCC/C=C\CCCCCCCCCC(=O)OCCCCCCCCCCCCCCCCCCCCCCCCCCCCCCCCCCCCCCCC(=O)NC(CO)C(O)CCCCCCCCCCCCCCCCCC. The third-order valence-corrected chi connectivity index (χ3v) is 19.3. The van der Waals surface area contributed by atoms with Crippen LogP contribution in [-0.2, 0) is 14.3 Å². The van der Waals surface area contributed by atoms with Crippen LogP contribution in [0.5, 0.6) is 0 Å². The van der Waals surface area contributed by atoms with E-state index in [4.69, 9.17) is 4.74 Å². The highest BCUT2D eigenvalue weighted by Crippen LogP contribution is 2.21. The molecule has 0 saturated heterocycles. The largest absolute Gasteiger partial charge is 0.466 e. The molecule has 0 spiro atoms. The summed E-state index contributed by atoms with van der Waals surface area (Å²) in [4.78, 5) is 24.6. The molecule has 0 aliphatic carbocycles. The Morgan fingerprint density at radius 1 is 0.310 bits per heavy atom. The average molecular weight is 1230 g/mol. The van der Waals surface area contributed by atoms with Gasteiger partial charge in [0.05, 0.1) is 25.4 Å². The van der Waals surface area contributed by atoms with Crippen molar-refractivity contribution in [3.05, 3.63) is 12.2 Å². The molecule has 0 rings (SSSR count). The van der Waals surface area contributed by atoms with Gasteiger partial charge in [-0.2, -0.15) is 0 Å². The Kier molecular flexibility index (Phi) is 75.8. The fraction of sp³-hybridized carbons (Fsp3) is 0.951. The number of amides is 1. The van der Waals surface area contributed by atoms with E-state index in [9.17, 15) is 19.8 Å². The van der Waals surface area contributed by atoms with Crippen molar-refractivity contribution in [2.45, 2.75) is 482 Å². The van der Waals surface area contributed by atoms with E-state index in [0.717, 1.165) is 38.5 Å². The van der Waals surface area contributed by atoms with Crippen LogP contribution >= 0.6 is 0 Å². The van der Waals surface area contributed by atoms with E-state index >= 15 is 0 Å². The lowest BCUT2D eigenvalue weighted by Crippen LogP contribution is -2.45. The normalized spacial score (nSPS) is 12.5. The topological polar surface area (TPSA) is 95.9 Å². The number of aliphatic hydroxyl groups excluding tert-OH is 2. The van der Waals surface area contributed by atoms with E-state index in [0.29, 0.717) is 25.9 Å². The summed E-state index contributed by atoms with van der Waals surface area (Å²) in [6.45, 7) is 5.00.